The summed E-state index contributed by atoms with van der Waals surface area (Å²) in [6, 6.07) is 9.39. The zero-order valence-electron chi connectivity index (χ0n) is 19.1. The Labute approximate surface area is 205 Å². The van der Waals surface area contributed by atoms with Gasteiger partial charge in [0, 0.05) is 18.3 Å². The summed E-state index contributed by atoms with van der Waals surface area (Å²) in [4.78, 5) is 30.4. The summed E-state index contributed by atoms with van der Waals surface area (Å²) in [5.74, 6) is -0.375. The van der Waals surface area contributed by atoms with Gasteiger partial charge in [0.05, 0.1) is 35.0 Å². The number of ether oxygens (including phenoxy) is 1. The topological polar surface area (TPSA) is 76.9 Å². The van der Waals surface area contributed by atoms with Crippen molar-refractivity contribution in [2.45, 2.75) is 32.5 Å². The van der Waals surface area contributed by atoms with Crippen LogP contribution >= 0.6 is 12.2 Å². The number of nitrogens with zero attached hydrogens (tertiary/aromatic N) is 4. The van der Waals surface area contributed by atoms with Gasteiger partial charge < -0.3 is 14.5 Å². The van der Waals surface area contributed by atoms with Gasteiger partial charge in [-0.15, -0.1) is 0 Å². The Kier molecular flexibility index (Phi) is 5.97. The van der Waals surface area contributed by atoms with Crippen molar-refractivity contribution in [2.24, 2.45) is 0 Å². The van der Waals surface area contributed by atoms with E-state index in [2.05, 4.69) is 0 Å². The smallest absolute Gasteiger partial charge is 0.417 e. The maximum Gasteiger partial charge on any atom is 0.417 e. The molecule has 0 aromatic heterocycles. The summed E-state index contributed by atoms with van der Waals surface area (Å²) in [5, 5.41) is 9.05. The lowest BCUT2D eigenvalue weighted by Gasteiger charge is -2.30. The van der Waals surface area contributed by atoms with Crippen LogP contribution < -0.4 is 14.5 Å². The van der Waals surface area contributed by atoms with E-state index in [4.69, 9.17) is 22.2 Å². The van der Waals surface area contributed by atoms with Crippen LogP contribution in [0.2, 0.25) is 0 Å². The van der Waals surface area contributed by atoms with E-state index < -0.39 is 28.7 Å². The number of amides is 2. The normalized spacial score (nSPS) is 17.7. The molecule has 2 aliphatic rings. The summed E-state index contributed by atoms with van der Waals surface area (Å²) < 4.78 is 46.4. The number of carbonyl (C=O) groups excluding carboxylic acids is 2. The molecule has 2 heterocycles. The third-order valence-corrected chi connectivity index (χ3v) is 6.46. The van der Waals surface area contributed by atoms with Crippen LogP contribution in [0.15, 0.2) is 36.4 Å². The Balaban J connectivity index is 1.77. The SMILES string of the molecule is CCN1CCOc2cc(N3C(=S)N(c4ccc(C#N)c(C(F)(F)F)c4)C(=O)C3(C)C)ccc2C1=O. The van der Waals surface area contributed by atoms with Crippen LogP contribution in [0.3, 0.4) is 0 Å². The fourth-order valence-corrected chi connectivity index (χ4v) is 4.77. The standard InChI is InChI=1S/C24H21F3N4O3S/c1-4-29-9-10-34-19-12-16(7-8-17(19)20(29)32)31-22(35)30(21(33)23(31,2)3)15-6-5-14(13-28)18(11-15)24(25,26)27/h5-8,11-12H,4,9-10H2,1-3H3. The van der Waals surface area contributed by atoms with E-state index >= 15 is 0 Å². The highest BCUT2D eigenvalue weighted by Gasteiger charge is 2.51. The largest absolute Gasteiger partial charge is 0.491 e. The van der Waals surface area contributed by atoms with Gasteiger partial charge >= 0.3 is 6.18 Å². The molecule has 0 atom stereocenters. The average Bonchev–Trinajstić information content (AvgIpc) is 2.90. The zero-order chi connectivity index (χ0) is 25.7. The van der Waals surface area contributed by atoms with Crippen molar-refractivity contribution in [1.82, 2.24) is 4.90 Å². The van der Waals surface area contributed by atoms with Crippen LogP contribution in [0.5, 0.6) is 5.75 Å². The number of anilines is 2. The van der Waals surface area contributed by atoms with E-state index in [9.17, 15) is 22.8 Å². The molecular formula is C24H21F3N4O3S. The van der Waals surface area contributed by atoms with Crippen molar-refractivity contribution in [1.29, 1.82) is 5.26 Å². The molecule has 0 radical (unpaired) electrons. The summed E-state index contributed by atoms with van der Waals surface area (Å²) in [7, 11) is 0. The van der Waals surface area contributed by atoms with Gasteiger partial charge in [-0.1, -0.05) is 0 Å². The molecule has 0 spiro atoms. The molecule has 11 heteroatoms. The first-order valence-corrected chi connectivity index (χ1v) is 11.2. The molecule has 2 aliphatic heterocycles. The number of rotatable bonds is 3. The Bertz CT molecular complexity index is 1290. The quantitative estimate of drug-likeness (QED) is 0.581. The summed E-state index contributed by atoms with van der Waals surface area (Å²) >= 11 is 5.56. The Morgan fingerprint density at radius 1 is 1.14 bits per heavy atom. The fraction of sp³-hybridized carbons (Fsp3) is 0.333. The van der Waals surface area contributed by atoms with Crippen LogP contribution in [0, 0.1) is 11.3 Å². The Morgan fingerprint density at radius 3 is 2.46 bits per heavy atom. The Hall–Kier alpha value is -3.65. The van der Waals surface area contributed by atoms with E-state index in [0.717, 1.165) is 17.0 Å². The molecule has 0 aliphatic carbocycles. The monoisotopic (exact) mass is 502 g/mol. The maximum absolute atomic E-state index is 13.5. The Morgan fingerprint density at radius 2 is 1.83 bits per heavy atom. The number of alkyl halides is 3. The van der Waals surface area contributed by atoms with Gasteiger partial charge in [0.15, 0.2) is 5.11 Å². The van der Waals surface area contributed by atoms with Crippen LogP contribution in [-0.4, -0.2) is 47.1 Å². The molecule has 0 bridgehead atoms. The molecule has 4 rings (SSSR count). The highest BCUT2D eigenvalue weighted by Crippen LogP contribution is 2.41. The first-order valence-electron chi connectivity index (χ1n) is 10.8. The number of carbonyl (C=O) groups is 2. The number of thiocarbonyl (C=S) groups is 1. The predicted molar refractivity (Wildman–Crippen MR) is 126 cm³/mol. The molecule has 1 fully saturated rings. The molecule has 35 heavy (non-hydrogen) atoms. The van der Waals surface area contributed by atoms with Crippen molar-refractivity contribution in [3.05, 3.63) is 53.1 Å². The molecule has 2 amide bonds. The number of fused-ring (bicyclic) bond motifs is 1. The first kappa shape index (κ1) is 24.5. The molecule has 1 saturated heterocycles. The van der Waals surface area contributed by atoms with E-state index in [1.807, 2.05) is 6.92 Å². The van der Waals surface area contributed by atoms with Crippen molar-refractivity contribution in [2.75, 3.05) is 29.5 Å². The van der Waals surface area contributed by atoms with E-state index in [1.54, 1.807) is 36.9 Å². The number of likely N-dealkylation sites (N-methyl/N-ethyl adjacent to an activating group) is 1. The van der Waals surface area contributed by atoms with Crippen molar-refractivity contribution >= 4 is 40.5 Å². The minimum atomic E-state index is -4.78. The molecule has 0 saturated carbocycles. The second kappa shape index (κ2) is 8.53. The van der Waals surface area contributed by atoms with Gasteiger partial charge in [-0.3, -0.25) is 14.5 Å². The lowest BCUT2D eigenvalue weighted by molar-refractivity contribution is -0.137. The van der Waals surface area contributed by atoms with Crippen LogP contribution in [0.4, 0.5) is 24.5 Å². The van der Waals surface area contributed by atoms with Gasteiger partial charge in [0.1, 0.15) is 17.9 Å². The van der Waals surface area contributed by atoms with Crippen LogP contribution in [0.25, 0.3) is 0 Å². The third kappa shape index (κ3) is 3.97. The number of hydrogen-bond donors (Lipinski definition) is 0. The number of halogens is 3. The van der Waals surface area contributed by atoms with Gasteiger partial charge in [0.2, 0.25) is 0 Å². The summed E-state index contributed by atoms with van der Waals surface area (Å²) in [6.07, 6.45) is -4.78. The van der Waals surface area contributed by atoms with Gasteiger partial charge in [-0.2, -0.15) is 18.4 Å². The zero-order valence-corrected chi connectivity index (χ0v) is 20.0. The van der Waals surface area contributed by atoms with E-state index in [0.29, 0.717) is 36.7 Å². The molecule has 182 valence electrons. The molecule has 2 aromatic rings. The highest BCUT2D eigenvalue weighted by atomic mass is 32.1. The highest BCUT2D eigenvalue weighted by molar-refractivity contribution is 7.81. The first-order chi connectivity index (χ1) is 16.4. The maximum atomic E-state index is 13.5. The summed E-state index contributed by atoms with van der Waals surface area (Å²) in [6.45, 7) is 6.33. The van der Waals surface area contributed by atoms with Crippen LogP contribution in [-0.2, 0) is 11.0 Å². The molecule has 0 unspecified atom stereocenters. The van der Waals surface area contributed by atoms with Crippen molar-refractivity contribution in [3.8, 4) is 11.8 Å². The molecule has 2 aromatic carbocycles. The van der Waals surface area contributed by atoms with E-state index in [-0.39, 0.29) is 16.7 Å². The fourth-order valence-electron chi connectivity index (χ4n) is 4.25. The summed E-state index contributed by atoms with van der Waals surface area (Å²) in [5.41, 5.74) is -2.22. The van der Waals surface area contributed by atoms with Gasteiger partial charge in [-0.05, 0) is 63.3 Å². The molecule has 0 N–H and O–H groups in total. The van der Waals surface area contributed by atoms with Crippen LogP contribution in [0.1, 0.15) is 42.3 Å². The lowest BCUT2D eigenvalue weighted by Crippen LogP contribution is -2.44. The van der Waals surface area contributed by atoms with Crippen molar-refractivity contribution < 1.29 is 27.5 Å². The number of nitriles is 1. The molecule has 7 nitrogen and oxygen atoms in total. The van der Waals surface area contributed by atoms with Gasteiger partial charge in [0.25, 0.3) is 11.8 Å². The molecular weight excluding hydrogens is 481 g/mol. The minimum absolute atomic E-state index is 0.0343. The van der Waals surface area contributed by atoms with E-state index in [1.165, 1.54) is 17.0 Å². The third-order valence-electron chi connectivity index (χ3n) is 6.10. The average molecular weight is 503 g/mol. The number of hydrogen-bond acceptors (Lipinski definition) is 5. The predicted octanol–water partition coefficient (Wildman–Crippen LogP) is 4.35. The number of benzene rings is 2. The second-order valence-corrected chi connectivity index (χ2v) is 8.94. The van der Waals surface area contributed by atoms with Gasteiger partial charge in [-0.25, -0.2) is 0 Å². The second-order valence-electron chi connectivity index (χ2n) is 8.57. The van der Waals surface area contributed by atoms with Crippen molar-refractivity contribution in [3.63, 3.8) is 0 Å². The minimum Gasteiger partial charge on any atom is -0.491 e. The lowest BCUT2D eigenvalue weighted by atomic mass is 10.0.